The molecule has 0 spiro atoms. The summed E-state index contributed by atoms with van der Waals surface area (Å²) in [5.41, 5.74) is 2.41. The summed E-state index contributed by atoms with van der Waals surface area (Å²) in [6.45, 7) is 3.91. The van der Waals surface area contributed by atoms with Gasteiger partial charge in [-0.25, -0.2) is 0 Å². The molecule has 0 amide bonds. The van der Waals surface area contributed by atoms with Crippen LogP contribution in [0.2, 0.25) is 0 Å². The summed E-state index contributed by atoms with van der Waals surface area (Å²) in [4.78, 5) is 0. The zero-order valence-electron chi connectivity index (χ0n) is 7.33. The molecule has 13 heavy (non-hydrogen) atoms. The van der Waals surface area contributed by atoms with E-state index < -0.39 is 0 Å². The van der Waals surface area contributed by atoms with Crippen LogP contribution in [0.15, 0.2) is 30.8 Å². The SMILES string of the molecule is C=C(CCO)c1cccc(C#N)c1. The molecule has 1 rings (SSSR count). The number of aliphatic hydroxyl groups is 1. The second-order valence-corrected chi connectivity index (χ2v) is 2.77. The molecule has 0 heterocycles. The Morgan fingerprint density at radius 1 is 1.54 bits per heavy atom. The molecule has 0 aromatic heterocycles. The number of nitrogens with zero attached hydrogens (tertiary/aromatic N) is 1. The summed E-state index contributed by atoms with van der Waals surface area (Å²) in [5, 5.41) is 17.3. The standard InChI is InChI=1S/C11H11NO/c1-9(5-6-13)11-4-2-3-10(7-11)8-12/h2-4,7,13H,1,5-6H2. The second kappa shape index (κ2) is 4.44. The maximum Gasteiger partial charge on any atom is 0.0991 e. The summed E-state index contributed by atoms with van der Waals surface area (Å²) < 4.78 is 0. The number of rotatable bonds is 3. The van der Waals surface area contributed by atoms with Crippen molar-refractivity contribution in [1.29, 1.82) is 5.26 Å². The molecule has 2 nitrogen and oxygen atoms in total. The van der Waals surface area contributed by atoms with Crippen LogP contribution >= 0.6 is 0 Å². The summed E-state index contributed by atoms with van der Waals surface area (Å²) >= 11 is 0. The van der Waals surface area contributed by atoms with Gasteiger partial charge in [-0.3, -0.25) is 0 Å². The number of hydrogen-bond donors (Lipinski definition) is 1. The molecule has 0 aliphatic rings. The van der Waals surface area contributed by atoms with E-state index >= 15 is 0 Å². The van der Waals surface area contributed by atoms with Gasteiger partial charge in [0.1, 0.15) is 0 Å². The van der Waals surface area contributed by atoms with E-state index in [1.54, 1.807) is 12.1 Å². The number of benzene rings is 1. The average molecular weight is 173 g/mol. The number of hydrogen-bond acceptors (Lipinski definition) is 2. The van der Waals surface area contributed by atoms with Gasteiger partial charge in [-0.05, 0) is 29.7 Å². The molecule has 0 aliphatic carbocycles. The highest BCUT2D eigenvalue weighted by Crippen LogP contribution is 2.16. The largest absolute Gasteiger partial charge is 0.396 e. The molecule has 0 bridgehead atoms. The fourth-order valence-electron chi connectivity index (χ4n) is 1.09. The van der Waals surface area contributed by atoms with E-state index in [4.69, 9.17) is 10.4 Å². The fourth-order valence-corrected chi connectivity index (χ4v) is 1.09. The predicted octanol–water partition coefficient (Wildman–Crippen LogP) is 1.95. The Labute approximate surface area is 77.8 Å². The summed E-state index contributed by atoms with van der Waals surface area (Å²) in [5.74, 6) is 0. The molecular formula is C11H11NO. The highest BCUT2D eigenvalue weighted by molar-refractivity contribution is 5.64. The van der Waals surface area contributed by atoms with E-state index in [1.807, 2.05) is 12.1 Å². The lowest BCUT2D eigenvalue weighted by Gasteiger charge is -2.03. The molecule has 0 radical (unpaired) electrons. The first-order valence-electron chi connectivity index (χ1n) is 4.07. The van der Waals surface area contributed by atoms with Crippen LogP contribution in [-0.4, -0.2) is 11.7 Å². The van der Waals surface area contributed by atoms with Crippen molar-refractivity contribution in [2.24, 2.45) is 0 Å². The van der Waals surface area contributed by atoms with Crippen LogP contribution in [0.3, 0.4) is 0 Å². The monoisotopic (exact) mass is 173 g/mol. The van der Waals surface area contributed by atoms with E-state index in [0.29, 0.717) is 12.0 Å². The Bertz CT molecular complexity index is 349. The third-order valence-electron chi connectivity index (χ3n) is 1.81. The smallest absolute Gasteiger partial charge is 0.0991 e. The van der Waals surface area contributed by atoms with Gasteiger partial charge in [0, 0.05) is 6.61 Å². The Balaban J connectivity index is 2.90. The molecule has 1 aromatic rings. The maximum absolute atomic E-state index is 8.70. The minimum absolute atomic E-state index is 0.0929. The van der Waals surface area contributed by atoms with E-state index in [2.05, 4.69) is 12.6 Å². The minimum atomic E-state index is 0.0929. The molecule has 1 aromatic carbocycles. The van der Waals surface area contributed by atoms with Crippen LogP contribution in [0.4, 0.5) is 0 Å². The van der Waals surface area contributed by atoms with Gasteiger partial charge in [0.25, 0.3) is 0 Å². The van der Waals surface area contributed by atoms with Gasteiger partial charge in [0.05, 0.1) is 11.6 Å². The zero-order chi connectivity index (χ0) is 9.68. The molecule has 2 heteroatoms. The first-order chi connectivity index (χ1) is 6.27. The van der Waals surface area contributed by atoms with Crippen LogP contribution < -0.4 is 0 Å². The van der Waals surface area contributed by atoms with Crippen LogP contribution in [0.1, 0.15) is 17.5 Å². The van der Waals surface area contributed by atoms with Gasteiger partial charge >= 0.3 is 0 Å². The lowest BCUT2D eigenvalue weighted by molar-refractivity contribution is 0.305. The highest BCUT2D eigenvalue weighted by atomic mass is 16.2. The van der Waals surface area contributed by atoms with Gasteiger partial charge in [-0.1, -0.05) is 18.7 Å². The van der Waals surface area contributed by atoms with Gasteiger partial charge in [0.2, 0.25) is 0 Å². The zero-order valence-corrected chi connectivity index (χ0v) is 7.33. The van der Waals surface area contributed by atoms with Crippen molar-refractivity contribution in [3.05, 3.63) is 42.0 Å². The normalized spacial score (nSPS) is 9.23. The van der Waals surface area contributed by atoms with Crippen LogP contribution in [-0.2, 0) is 0 Å². The van der Waals surface area contributed by atoms with Crippen molar-refractivity contribution in [2.45, 2.75) is 6.42 Å². The lowest BCUT2D eigenvalue weighted by atomic mass is 10.0. The molecule has 0 saturated carbocycles. The minimum Gasteiger partial charge on any atom is -0.396 e. The van der Waals surface area contributed by atoms with Crippen molar-refractivity contribution >= 4 is 5.57 Å². The van der Waals surface area contributed by atoms with Crippen LogP contribution in [0, 0.1) is 11.3 Å². The second-order valence-electron chi connectivity index (χ2n) is 2.77. The van der Waals surface area contributed by atoms with Crippen molar-refractivity contribution in [1.82, 2.24) is 0 Å². The molecule has 0 saturated heterocycles. The van der Waals surface area contributed by atoms with E-state index in [0.717, 1.165) is 11.1 Å². The molecule has 0 atom stereocenters. The molecule has 0 fully saturated rings. The van der Waals surface area contributed by atoms with Crippen molar-refractivity contribution < 1.29 is 5.11 Å². The quantitative estimate of drug-likeness (QED) is 0.759. The van der Waals surface area contributed by atoms with Gasteiger partial charge < -0.3 is 5.11 Å². The van der Waals surface area contributed by atoms with Gasteiger partial charge in [-0.15, -0.1) is 0 Å². The molecule has 66 valence electrons. The van der Waals surface area contributed by atoms with E-state index in [9.17, 15) is 0 Å². The van der Waals surface area contributed by atoms with E-state index in [1.165, 1.54) is 0 Å². The number of nitriles is 1. The topological polar surface area (TPSA) is 44.0 Å². The summed E-state index contributed by atoms with van der Waals surface area (Å²) in [6, 6.07) is 9.29. The summed E-state index contributed by atoms with van der Waals surface area (Å²) in [7, 11) is 0. The fraction of sp³-hybridized carbons (Fsp3) is 0.182. The predicted molar refractivity (Wildman–Crippen MR) is 51.9 cm³/mol. The van der Waals surface area contributed by atoms with Crippen molar-refractivity contribution in [3.63, 3.8) is 0 Å². The van der Waals surface area contributed by atoms with Crippen LogP contribution in [0.5, 0.6) is 0 Å². The number of aliphatic hydroxyl groups excluding tert-OH is 1. The summed E-state index contributed by atoms with van der Waals surface area (Å²) in [6.07, 6.45) is 0.550. The Kier molecular flexibility index (Phi) is 3.24. The maximum atomic E-state index is 8.70. The average Bonchev–Trinajstić information content (AvgIpc) is 2.18. The first-order valence-corrected chi connectivity index (χ1v) is 4.07. The highest BCUT2D eigenvalue weighted by Gasteiger charge is 1.98. The Hall–Kier alpha value is -1.59. The Morgan fingerprint density at radius 2 is 2.31 bits per heavy atom. The first kappa shape index (κ1) is 9.50. The third-order valence-corrected chi connectivity index (χ3v) is 1.81. The molecule has 0 unspecified atom stereocenters. The van der Waals surface area contributed by atoms with Gasteiger partial charge in [0.15, 0.2) is 0 Å². The molecule has 1 N–H and O–H groups in total. The van der Waals surface area contributed by atoms with Crippen molar-refractivity contribution in [2.75, 3.05) is 6.61 Å². The third kappa shape index (κ3) is 2.43. The molecule has 0 aliphatic heterocycles. The van der Waals surface area contributed by atoms with Gasteiger partial charge in [-0.2, -0.15) is 5.26 Å². The van der Waals surface area contributed by atoms with Crippen LogP contribution in [0.25, 0.3) is 5.57 Å². The Morgan fingerprint density at radius 3 is 2.92 bits per heavy atom. The van der Waals surface area contributed by atoms with E-state index in [-0.39, 0.29) is 6.61 Å². The molecular weight excluding hydrogens is 162 g/mol. The van der Waals surface area contributed by atoms with Crippen molar-refractivity contribution in [3.8, 4) is 6.07 Å². The lowest BCUT2D eigenvalue weighted by Crippen LogP contribution is -1.88.